The van der Waals surface area contributed by atoms with Crippen molar-refractivity contribution in [1.82, 2.24) is 15.0 Å². The van der Waals surface area contributed by atoms with Crippen molar-refractivity contribution in [2.45, 2.75) is 27.2 Å². The lowest BCUT2D eigenvalue weighted by atomic mass is 10.1. The van der Waals surface area contributed by atoms with Gasteiger partial charge in [0, 0.05) is 6.20 Å². The van der Waals surface area contributed by atoms with E-state index in [9.17, 15) is 4.79 Å². The number of aromatic nitrogens is 3. The molecule has 0 radical (unpaired) electrons. The number of nitrogens with zero attached hydrogens (tertiary/aromatic N) is 2. The Morgan fingerprint density at radius 1 is 1.42 bits per heavy atom. The molecular formula is C14H16BrN3O. The van der Waals surface area contributed by atoms with Crippen LogP contribution in [0, 0.1) is 12.8 Å². The van der Waals surface area contributed by atoms with E-state index in [-0.39, 0.29) is 5.56 Å². The molecule has 0 spiro atoms. The smallest absolute Gasteiger partial charge is 0.265 e. The molecule has 0 aromatic carbocycles. The van der Waals surface area contributed by atoms with Crippen LogP contribution in [0.1, 0.15) is 25.1 Å². The van der Waals surface area contributed by atoms with E-state index in [1.54, 1.807) is 6.20 Å². The van der Waals surface area contributed by atoms with Gasteiger partial charge < -0.3 is 4.98 Å². The molecule has 2 rings (SSSR count). The molecule has 0 amide bonds. The summed E-state index contributed by atoms with van der Waals surface area (Å²) in [5.74, 6) is 0.955. The summed E-state index contributed by atoms with van der Waals surface area (Å²) in [4.78, 5) is 23.5. The number of hydrogen-bond donors (Lipinski definition) is 1. The van der Waals surface area contributed by atoms with Gasteiger partial charge in [-0.3, -0.25) is 9.78 Å². The molecule has 0 saturated heterocycles. The van der Waals surface area contributed by atoms with Crippen LogP contribution in [-0.2, 0) is 6.42 Å². The molecule has 0 saturated carbocycles. The van der Waals surface area contributed by atoms with Gasteiger partial charge in [0.25, 0.3) is 5.56 Å². The number of H-pyrrole nitrogens is 1. The van der Waals surface area contributed by atoms with E-state index in [2.05, 4.69) is 44.7 Å². The number of halogens is 1. The van der Waals surface area contributed by atoms with Crippen LogP contribution in [0.4, 0.5) is 0 Å². The summed E-state index contributed by atoms with van der Waals surface area (Å²) in [6, 6.07) is 3.82. The van der Waals surface area contributed by atoms with Gasteiger partial charge in [0.2, 0.25) is 0 Å². The molecule has 0 bridgehead atoms. The average Bonchev–Trinajstić information content (AvgIpc) is 2.34. The lowest BCUT2D eigenvalue weighted by Crippen LogP contribution is -2.15. The van der Waals surface area contributed by atoms with Gasteiger partial charge in [-0.2, -0.15) is 0 Å². The minimum Gasteiger partial charge on any atom is -0.304 e. The van der Waals surface area contributed by atoms with Crippen molar-refractivity contribution in [3.63, 3.8) is 0 Å². The van der Waals surface area contributed by atoms with Crippen LogP contribution in [0.2, 0.25) is 0 Å². The van der Waals surface area contributed by atoms with Gasteiger partial charge in [0.15, 0.2) is 5.82 Å². The van der Waals surface area contributed by atoms with Crippen molar-refractivity contribution in [3.05, 3.63) is 44.4 Å². The zero-order valence-corrected chi connectivity index (χ0v) is 12.8. The number of pyridine rings is 1. The first-order valence-electron chi connectivity index (χ1n) is 6.19. The zero-order valence-electron chi connectivity index (χ0n) is 11.2. The molecule has 0 aliphatic carbocycles. The maximum atomic E-state index is 11.9. The molecule has 100 valence electrons. The van der Waals surface area contributed by atoms with Crippen molar-refractivity contribution in [2.24, 2.45) is 5.92 Å². The Hall–Kier alpha value is -1.49. The Morgan fingerprint density at radius 3 is 2.79 bits per heavy atom. The van der Waals surface area contributed by atoms with Crippen LogP contribution in [0.15, 0.2) is 27.6 Å². The zero-order chi connectivity index (χ0) is 14.0. The van der Waals surface area contributed by atoms with E-state index in [1.165, 1.54) is 0 Å². The molecule has 0 fully saturated rings. The van der Waals surface area contributed by atoms with Crippen LogP contribution in [-0.4, -0.2) is 15.0 Å². The van der Waals surface area contributed by atoms with Crippen LogP contribution in [0.5, 0.6) is 0 Å². The fraction of sp³-hybridized carbons (Fsp3) is 0.357. The topological polar surface area (TPSA) is 58.6 Å². The molecule has 4 nitrogen and oxygen atoms in total. The van der Waals surface area contributed by atoms with Gasteiger partial charge in [-0.1, -0.05) is 13.8 Å². The third-order valence-corrected chi connectivity index (χ3v) is 3.51. The van der Waals surface area contributed by atoms with Crippen LogP contribution in [0.25, 0.3) is 11.5 Å². The Kier molecular flexibility index (Phi) is 4.14. The maximum Gasteiger partial charge on any atom is 0.265 e. The third-order valence-electron chi connectivity index (χ3n) is 2.69. The largest absolute Gasteiger partial charge is 0.304 e. The third kappa shape index (κ3) is 3.29. The summed E-state index contributed by atoms with van der Waals surface area (Å²) < 4.78 is 0.512. The summed E-state index contributed by atoms with van der Waals surface area (Å²) >= 11 is 3.30. The molecule has 2 heterocycles. The van der Waals surface area contributed by atoms with Crippen molar-refractivity contribution >= 4 is 15.9 Å². The average molecular weight is 322 g/mol. The molecular weight excluding hydrogens is 306 g/mol. The Bertz CT molecular complexity index is 649. The first-order valence-corrected chi connectivity index (χ1v) is 6.98. The van der Waals surface area contributed by atoms with Gasteiger partial charge >= 0.3 is 0 Å². The van der Waals surface area contributed by atoms with Crippen molar-refractivity contribution in [3.8, 4) is 11.5 Å². The van der Waals surface area contributed by atoms with Crippen LogP contribution >= 0.6 is 15.9 Å². The normalized spacial score (nSPS) is 11.0. The first-order chi connectivity index (χ1) is 8.97. The highest BCUT2D eigenvalue weighted by Gasteiger charge is 2.12. The van der Waals surface area contributed by atoms with Crippen LogP contribution < -0.4 is 5.56 Å². The van der Waals surface area contributed by atoms with E-state index in [0.29, 0.717) is 21.9 Å². The van der Waals surface area contributed by atoms with E-state index in [4.69, 9.17) is 0 Å². The van der Waals surface area contributed by atoms with E-state index < -0.39 is 0 Å². The molecule has 0 atom stereocenters. The molecule has 2 aromatic heterocycles. The second-order valence-corrected chi connectivity index (χ2v) is 5.78. The molecule has 0 aliphatic rings. The number of rotatable bonds is 3. The summed E-state index contributed by atoms with van der Waals surface area (Å²) in [5.41, 5.74) is 2.39. The molecule has 1 N–H and O–H groups in total. The fourth-order valence-electron chi connectivity index (χ4n) is 1.81. The lowest BCUT2D eigenvalue weighted by molar-refractivity contribution is 0.631. The van der Waals surface area contributed by atoms with E-state index in [1.807, 2.05) is 19.1 Å². The predicted octanol–water partition coefficient (Wildman–Crippen LogP) is 3.10. The van der Waals surface area contributed by atoms with E-state index in [0.717, 1.165) is 17.7 Å². The minimum atomic E-state index is -0.163. The highest BCUT2D eigenvalue weighted by molar-refractivity contribution is 9.10. The van der Waals surface area contributed by atoms with Crippen LogP contribution in [0.3, 0.4) is 0 Å². The van der Waals surface area contributed by atoms with Crippen molar-refractivity contribution < 1.29 is 0 Å². The number of aromatic amines is 1. The predicted molar refractivity (Wildman–Crippen MR) is 79.1 cm³/mol. The Morgan fingerprint density at radius 2 is 2.16 bits per heavy atom. The quantitative estimate of drug-likeness (QED) is 0.945. The summed E-state index contributed by atoms with van der Waals surface area (Å²) in [7, 11) is 0. The SMILES string of the molecule is Cc1ccnc(-c2nc(CC(C)C)c(Br)c(=O)[nH]2)c1. The van der Waals surface area contributed by atoms with E-state index >= 15 is 0 Å². The van der Waals surface area contributed by atoms with Crippen molar-refractivity contribution in [2.75, 3.05) is 0 Å². The van der Waals surface area contributed by atoms with Gasteiger partial charge in [0.1, 0.15) is 10.2 Å². The monoisotopic (exact) mass is 321 g/mol. The highest BCUT2D eigenvalue weighted by Crippen LogP contribution is 2.18. The highest BCUT2D eigenvalue weighted by atomic mass is 79.9. The molecule has 5 heteroatoms. The molecule has 19 heavy (non-hydrogen) atoms. The lowest BCUT2D eigenvalue weighted by Gasteiger charge is -2.08. The standard InChI is InChI=1S/C14H16BrN3O/c1-8(2)6-10-12(15)14(19)18-13(17-10)11-7-9(3)4-5-16-11/h4-5,7-8H,6H2,1-3H3,(H,17,18,19). The number of aryl methyl sites for hydroxylation is 1. The summed E-state index contributed by atoms with van der Waals surface area (Å²) in [6.07, 6.45) is 2.47. The summed E-state index contributed by atoms with van der Waals surface area (Å²) in [6.45, 7) is 6.18. The molecule has 0 unspecified atom stereocenters. The Balaban J connectivity index is 2.53. The summed E-state index contributed by atoms with van der Waals surface area (Å²) in [5, 5.41) is 0. The van der Waals surface area contributed by atoms with Gasteiger partial charge in [-0.05, 0) is 52.9 Å². The van der Waals surface area contributed by atoms with Crippen molar-refractivity contribution in [1.29, 1.82) is 0 Å². The molecule has 2 aromatic rings. The maximum absolute atomic E-state index is 11.9. The second-order valence-electron chi connectivity index (χ2n) is 4.99. The molecule has 0 aliphatic heterocycles. The fourth-order valence-corrected chi connectivity index (χ4v) is 2.16. The van der Waals surface area contributed by atoms with Gasteiger partial charge in [-0.25, -0.2) is 4.98 Å². The van der Waals surface area contributed by atoms with Gasteiger partial charge in [0.05, 0.1) is 5.69 Å². The first kappa shape index (κ1) is 13.9. The second kappa shape index (κ2) is 5.65. The minimum absolute atomic E-state index is 0.163. The van der Waals surface area contributed by atoms with Gasteiger partial charge in [-0.15, -0.1) is 0 Å². The number of hydrogen-bond acceptors (Lipinski definition) is 3. The number of nitrogens with one attached hydrogen (secondary N) is 1. The Labute approximate surface area is 120 Å².